The molecule has 2 N–H and O–H groups in total. The Morgan fingerprint density at radius 2 is 1.80 bits per heavy atom. The van der Waals surface area contributed by atoms with E-state index in [0.717, 1.165) is 27.6 Å². The Balaban J connectivity index is 2.53. The average molecular weight is 309 g/mol. The highest BCUT2D eigenvalue weighted by molar-refractivity contribution is 14.1. The number of nitrogen functional groups attached to an aromatic ring is 1. The highest BCUT2D eigenvalue weighted by Crippen LogP contribution is 2.30. The molecule has 0 unspecified atom stereocenters. The van der Waals surface area contributed by atoms with E-state index in [-0.39, 0.29) is 0 Å². The third kappa shape index (κ3) is 1.38. The van der Waals surface area contributed by atoms with Crippen molar-refractivity contribution in [2.75, 3.05) is 5.73 Å². The standard InChI is InChI=1S/C12H8INO/c13-7-1-4-11-10(5-7)9-3-2-8(14)6-12(9)15-11/h1-6H,14H2. The van der Waals surface area contributed by atoms with Crippen molar-refractivity contribution >= 4 is 50.2 Å². The lowest BCUT2D eigenvalue weighted by atomic mass is 10.1. The molecule has 0 radical (unpaired) electrons. The Morgan fingerprint density at radius 1 is 0.933 bits per heavy atom. The Hall–Kier alpha value is -1.23. The third-order valence-electron chi connectivity index (χ3n) is 2.46. The Kier molecular flexibility index (Phi) is 1.88. The van der Waals surface area contributed by atoms with E-state index in [2.05, 4.69) is 28.7 Å². The van der Waals surface area contributed by atoms with E-state index in [0.29, 0.717) is 0 Å². The van der Waals surface area contributed by atoms with Crippen molar-refractivity contribution in [1.29, 1.82) is 0 Å². The van der Waals surface area contributed by atoms with Crippen LogP contribution in [-0.2, 0) is 0 Å². The van der Waals surface area contributed by atoms with Gasteiger partial charge in [-0.2, -0.15) is 0 Å². The fraction of sp³-hybridized carbons (Fsp3) is 0. The van der Waals surface area contributed by atoms with Crippen LogP contribution in [0.5, 0.6) is 0 Å². The van der Waals surface area contributed by atoms with E-state index in [9.17, 15) is 0 Å². The van der Waals surface area contributed by atoms with Crippen molar-refractivity contribution in [2.45, 2.75) is 0 Å². The van der Waals surface area contributed by atoms with Gasteiger partial charge in [0.15, 0.2) is 0 Å². The molecule has 1 aromatic heterocycles. The fourth-order valence-electron chi connectivity index (χ4n) is 1.77. The molecule has 0 aliphatic rings. The van der Waals surface area contributed by atoms with Gasteiger partial charge in [0.05, 0.1) is 0 Å². The largest absolute Gasteiger partial charge is 0.456 e. The first-order valence-corrected chi connectivity index (χ1v) is 5.69. The summed E-state index contributed by atoms with van der Waals surface area (Å²) >= 11 is 2.30. The minimum Gasteiger partial charge on any atom is -0.456 e. The zero-order valence-corrected chi connectivity index (χ0v) is 9.99. The number of anilines is 1. The molecule has 3 rings (SSSR count). The van der Waals surface area contributed by atoms with Crippen LogP contribution in [0.1, 0.15) is 0 Å². The zero-order valence-electron chi connectivity index (χ0n) is 7.83. The van der Waals surface area contributed by atoms with Crippen LogP contribution in [0.3, 0.4) is 0 Å². The second kappa shape index (κ2) is 3.13. The van der Waals surface area contributed by atoms with Crippen LogP contribution in [0.4, 0.5) is 5.69 Å². The molecule has 1 heterocycles. The van der Waals surface area contributed by atoms with Gasteiger partial charge in [-0.05, 0) is 52.9 Å². The molecular formula is C12H8INO. The summed E-state index contributed by atoms with van der Waals surface area (Å²) in [7, 11) is 0. The lowest BCUT2D eigenvalue weighted by Gasteiger charge is -1.91. The normalized spacial score (nSPS) is 11.3. The number of halogens is 1. The topological polar surface area (TPSA) is 39.2 Å². The summed E-state index contributed by atoms with van der Waals surface area (Å²) < 4.78 is 6.91. The molecule has 0 fully saturated rings. The fourth-order valence-corrected chi connectivity index (χ4v) is 2.26. The first kappa shape index (κ1) is 9.03. The van der Waals surface area contributed by atoms with Crippen molar-refractivity contribution in [2.24, 2.45) is 0 Å². The second-order valence-corrected chi connectivity index (χ2v) is 4.74. The van der Waals surface area contributed by atoms with Crippen molar-refractivity contribution in [1.82, 2.24) is 0 Å². The number of benzene rings is 2. The van der Waals surface area contributed by atoms with Crippen LogP contribution in [0, 0.1) is 3.57 Å². The van der Waals surface area contributed by atoms with Crippen LogP contribution in [0.15, 0.2) is 40.8 Å². The molecule has 0 spiro atoms. The number of rotatable bonds is 0. The summed E-state index contributed by atoms with van der Waals surface area (Å²) in [6.07, 6.45) is 0. The predicted octanol–water partition coefficient (Wildman–Crippen LogP) is 3.77. The van der Waals surface area contributed by atoms with Gasteiger partial charge < -0.3 is 10.2 Å². The van der Waals surface area contributed by atoms with Gasteiger partial charge in [0.25, 0.3) is 0 Å². The van der Waals surface area contributed by atoms with Gasteiger partial charge in [-0.25, -0.2) is 0 Å². The van der Waals surface area contributed by atoms with E-state index >= 15 is 0 Å². The number of fused-ring (bicyclic) bond motifs is 3. The number of hydrogen-bond donors (Lipinski definition) is 1. The van der Waals surface area contributed by atoms with E-state index < -0.39 is 0 Å². The molecule has 3 heteroatoms. The molecule has 0 atom stereocenters. The highest BCUT2D eigenvalue weighted by Gasteiger charge is 2.06. The molecular weight excluding hydrogens is 301 g/mol. The minimum atomic E-state index is 0.733. The van der Waals surface area contributed by atoms with Crippen LogP contribution >= 0.6 is 22.6 Å². The number of furan rings is 1. The lowest BCUT2D eigenvalue weighted by Crippen LogP contribution is -1.81. The van der Waals surface area contributed by atoms with Crippen molar-refractivity contribution in [3.05, 3.63) is 40.0 Å². The molecule has 0 saturated heterocycles. The molecule has 2 aromatic carbocycles. The summed E-state index contributed by atoms with van der Waals surface area (Å²) in [5, 5.41) is 2.27. The molecule has 0 aliphatic heterocycles. The Labute approximate surface area is 100 Å². The third-order valence-corrected chi connectivity index (χ3v) is 3.13. The van der Waals surface area contributed by atoms with Gasteiger partial charge in [-0.3, -0.25) is 0 Å². The quantitative estimate of drug-likeness (QED) is 0.507. The summed E-state index contributed by atoms with van der Waals surface area (Å²) in [6.45, 7) is 0. The molecule has 0 aliphatic carbocycles. The van der Waals surface area contributed by atoms with Gasteiger partial charge in [0.1, 0.15) is 11.2 Å². The van der Waals surface area contributed by atoms with Gasteiger partial charge in [0.2, 0.25) is 0 Å². The van der Waals surface area contributed by atoms with Crippen LogP contribution < -0.4 is 5.73 Å². The van der Waals surface area contributed by atoms with E-state index in [1.165, 1.54) is 3.57 Å². The molecule has 0 amide bonds. The van der Waals surface area contributed by atoms with Gasteiger partial charge >= 0.3 is 0 Å². The van der Waals surface area contributed by atoms with Crippen LogP contribution in [0.25, 0.3) is 21.9 Å². The average Bonchev–Trinajstić information content (AvgIpc) is 2.54. The van der Waals surface area contributed by atoms with Crippen LogP contribution in [-0.4, -0.2) is 0 Å². The van der Waals surface area contributed by atoms with Gasteiger partial charge in [-0.1, -0.05) is 0 Å². The number of hydrogen-bond acceptors (Lipinski definition) is 2. The van der Waals surface area contributed by atoms with Crippen molar-refractivity contribution in [3.63, 3.8) is 0 Å². The Bertz CT molecular complexity index is 657. The monoisotopic (exact) mass is 309 g/mol. The maximum absolute atomic E-state index is 5.71. The first-order chi connectivity index (χ1) is 7.24. The molecule has 15 heavy (non-hydrogen) atoms. The molecule has 3 aromatic rings. The maximum Gasteiger partial charge on any atom is 0.137 e. The van der Waals surface area contributed by atoms with E-state index in [1.54, 1.807) is 0 Å². The van der Waals surface area contributed by atoms with Gasteiger partial charge in [0, 0.05) is 26.1 Å². The van der Waals surface area contributed by atoms with Crippen molar-refractivity contribution < 1.29 is 4.42 Å². The summed E-state index contributed by atoms with van der Waals surface area (Å²) in [6, 6.07) is 11.9. The predicted molar refractivity (Wildman–Crippen MR) is 70.8 cm³/mol. The van der Waals surface area contributed by atoms with Crippen LogP contribution in [0.2, 0.25) is 0 Å². The minimum absolute atomic E-state index is 0.733. The molecule has 0 saturated carbocycles. The van der Waals surface area contributed by atoms with E-state index in [1.807, 2.05) is 30.3 Å². The summed E-state index contributed by atoms with van der Waals surface area (Å²) in [5.41, 5.74) is 8.21. The molecule has 74 valence electrons. The van der Waals surface area contributed by atoms with Gasteiger partial charge in [-0.15, -0.1) is 0 Å². The second-order valence-electron chi connectivity index (χ2n) is 3.50. The summed E-state index contributed by atoms with van der Waals surface area (Å²) in [5.74, 6) is 0. The summed E-state index contributed by atoms with van der Waals surface area (Å²) in [4.78, 5) is 0. The highest BCUT2D eigenvalue weighted by atomic mass is 127. The molecule has 0 bridgehead atoms. The number of nitrogens with two attached hydrogens (primary N) is 1. The smallest absolute Gasteiger partial charge is 0.137 e. The van der Waals surface area contributed by atoms with E-state index in [4.69, 9.17) is 10.2 Å². The van der Waals surface area contributed by atoms with Crippen molar-refractivity contribution in [3.8, 4) is 0 Å². The molecule has 2 nitrogen and oxygen atoms in total. The Morgan fingerprint density at radius 3 is 2.67 bits per heavy atom. The SMILES string of the molecule is Nc1ccc2c(c1)oc1ccc(I)cc12. The maximum atomic E-state index is 5.71. The lowest BCUT2D eigenvalue weighted by molar-refractivity contribution is 0.669. The first-order valence-electron chi connectivity index (χ1n) is 4.61. The zero-order chi connectivity index (χ0) is 10.4.